The third-order valence-electron chi connectivity index (χ3n) is 4.04. The molecule has 5 heteroatoms. The third kappa shape index (κ3) is 2.37. The van der Waals surface area contributed by atoms with Crippen molar-refractivity contribution in [1.29, 1.82) is 0 Å². The molecule has 1 aliphatic rings. The molecule has 3 rings (SSSR count). The monoisotopic (exact) mass is 351 g/mol. The van der Waals surface area contributed by atoms with Crippen LogP contribution >= 0.6 is 15.9 Å². The van der Waals surface area contributed by atoms with E-state index in [4.69, 9.17) is 5.10 Å². The van der Waals surface area contributed by atoms with Crippen LogP contribution < -0.4 is 5.32 Å². The zero-order valence-electron chi connectivity index (χ0n) is 12.4. The molecule has 0 amide bonds. The van der Waals surface area contributed by atoms with Crippen molar-refractivity contribution < 1.29 is 4.39 Å². The largest absolute Gasteiger partial charge is 0.369 e. The first-order valence-electron chi connectivity index (χ1n) is 7.27. The molecule has 3 nitrogen and oxygen atoms in total. The second-order valence-corrected chi connectivity index (χ2v) is 6.76. The van der Waals surface area contributed by atoms with Crippen molar-refractivity contribution in [3.8, 4) is 0 Å². The van der Waals surface area contributed by atoms with Crippen molar-refractivity contribution in [2.45, 2.75) is 32.7 Å². The van der Waals surface area contributed by atoms with Crippen LogP contribution in [-0.2, 0) is 0 Å². The van der Waals surface area contributed by atoms with E-state index in [9.17, 15) is 4.39 Å². The van der Waals surface area contributed by atoms with Crippen LogP contribution in [0.1, 0.15) is 44.0 Å². The zero-order valence-corrected chi connectivity index (χ0v) is 14.0. The molecule has 0 bridgehead atoms. The quantitative estimate of drug-likeness (QED) is 0.859. The Bertz CT molecular complexity index is 666. The van der Waals surface area contributed by atoms with E-state index in [0.717, 1.165) is 22.5 Å². The first kappa shape index (κ1) is 14.6. The normalized spacial score (nSPS) is 21.2. The third-order valence-corrected chi connectivity index (χ3v) is 4.82. The highest BCUT2D eigenvalue weighted by Gasteiger charge is 2.33. The van der Waals surface area contributed by atoms with Gasteiger partial charge in [-0.2, -0.15) is 5.10 Å². The minimum atomic E-state index is -0.167. The first-order chi connectivity index (χ1) is 10.0. The lowest BCUT2D eigenvalue weighted by molar-refractivity contribution is 0.359. The van der Waals surface area contributed by atoms with Crippen LogP contribution in [0.5, 0.6) is 0 Å². The van der Waals surface area contributed by atoms with Crippen LogP contribution in [0.2, 0.25) is 0 Å². The summed E-state index contributed by atoms with van der Waals surface area (Å²) in [5.74, 6) is 1.36. The summed E-state index contributed by atoms with van der Waals surface area (Å²) < 4.78 is 17.2. The van der Waals surface area contributed by atoms with Gasteiger partial charge in [0.05, 0.1) is 16.2 Å². The number of rotatable bonds is 2. The summed E-state index contributed by atoms with van der Waals surface area (Å²) in [7, 11) is 0. The summed E-state index contributed by atoms with van der Waals surface area (Å²) in [6, 6.07) is 6.91. The van der Waals surface area contributed by atoms with Gasteiger partial charge in [-0.15, -0.1) is 0 Å². The number of hydrogen-bond donors (Lipinski definition) is 1. The summed E-state index contributed by atoms with van der Waals surface area (Å²) in [6.07, 6.45) is 0. The lowest BCUT2D eigenvalue weighted by Gasteiger charge is -2.32. The van der Waals surface area contributed by atoms with E-state index in [-0.39, 0.29) is 17.8 Å². The predicted octanol–water partition coefficient (Wildman–Crippen LogP) is 4.56. The fourth-order valence-electron chi connectivity index (χ4n) is 2.92. The molecule has 0 aliphatic carbocycles. The lowest BCUT2D eigenvalue weighted by Crippen LogP contribution is -2.32. The highest BCUT2D eigenvalue weighted by molar-refractivity contribution is 9.10. The number of hydrogen-bond acceptors (Lipinski definition) is 2. The molecule has 2 aromatic rings. The predicted molar refractivity (Wildman–Crippen MR) is 86.2 cm³/mol. The SMILES string of the molecule is CC(C)c1nn2c(c1Br)NCC(C)C2c1ccccc1F. The van der Waals surface area contributed by atoms with Crippen molar-refractivity contribution in [2.24, 2.45) is 5.92 Å². The topological polar surface area (TPSA) is 29.9 Å². The number of aromatic nitrogens is 2. The van der Waals surface area contributed by atoms with Gasteiger partial charge in [0.25, 0.3) is 0 Å². The Kier molecular flexibility index (Phi) is 3.78. The van der Waals surface area contributed by atoms with E-state index < -0.39 is 0 Å². The standard InChI is InChI=1S/C16H19BrFN3/c1-9(2)14-13(17)16-19-8-10(3)15(21(16)20-14)11-6-4-5-7-12(11)18/h4-7,9-10,15,19H,8H2,1-3H3. The second-order valence-electron chi connectivity index (χ2n) is 5.97. The van der Waals surface area contributed by atoms with E-state index >= 15 is 0 Å². The Hall–Kier alpha value is -1.36. The van der Waals surface area contributed by atoms with Gasteiger partial charge >= 0.3 is 0 Å². The molecular formula is C16H19BrFN3. The van der Waals surface area contributed by atoms with Gasteiger partial charge in [-0.05, 0) is 27.9 Å². The molecule has 1 aliphatic heterocycles. The summed E-state index contributed by atoms with van der Waals surface area (Å²) in [4.78, 5) is 0. The Morgan fingerprint density at radius 1 is 1.38 bits per heavy atom. The molecule has 2 heterocycles. The molecule has 1 aromatic carbocycles. The first-order valence-corrected chi connectivity index (χ1v) is 8.06. The van der Waals surface area contributed by atoms with E-state index in [1.165, 1.54) is 6.07 Å². The molecule has 0 spiro atoms. The van der Waals surface area contributed by atoms with Gasteiger partial charge < -0.3 is 5.32 Å². The summed E-state index contributed by atoms with van der Waals surface area (Å²) in [5, 5.41) is 8.15. The van der Waals surface area contributed by atoms with Crippen molar-refractivity contribution in [2.75, 3.05) is 11.9 Å². The molecular weight excluding hydrogens is 333 g/mol. The Labute approximate surface area is 132 Å². The summed E-state index contributed by atoms with van der Waals surface area (Å²) >= 11 is 3.64. The molecule has 0 fully saturated rings. The molecule has 1 N–H and O–H groups in total. The van der Waals surface area contributed by atoms with Crippen LogP contribution in [0.15, 0.2) is 28.7 Å². The molecule has 2 atom stereocenters. The average molecular weight is 352 g/mol. The molecule has 0 saturated carbocycles. The van der Waals surface area contributed by atoms with Gasteiger partial charge in [-0.1, -0.05) is 39.0 Å². The van der Waals surface area contributed by atoms with Crippen LogP contribution in [0.3, 0.4) is 0 Å². The number of nitrogens with one attached hydrogen (secondary N) is 1. The van der Waals surface area contributed by atoms with E-state index in [1.54, 1.807) is 6.07 Å². The van der Waals surface area contributed by atoms with Gasteiger partial charge in [-0.3, -0.25) is 0 Å². The van der Waals surface area contributed by atoms with Gasteiger partial charge in [0.1, 0.15) is 11.6 Å². The fraction of sp³-hybridized carbons (Fsp3) is 0.438. The zero-order chi connectivity index (χ0) is 15.1. The maximum atomic E-state index is 14.2. The minimum Gasteiger partial charge on any atom is -0.369 e. The van der Waals surface area contributed by atoms with Gasteiger partial charge in [-0.25, -0.2) is 9.07 Å². The van der Waals surface area contributed by atoms with E-state index in [2.05, 4.69) is 42.0 Å². The number of nitrogens with zero attached hydrogens (tertiary/aromatic N) is 2. The Balaban J connectivity index is 2.16. The molecule has 0 radical (unpaired) electrons. The summed E-state index contributed by atoms with van der Waals surface area (Å²) in [6.45, 7) is 7.15. The number of fused-ring (bicyclic) bond motifs is 1. The smallest absolute Gasteiger partial charge is 0.139 e. The van der Waals surface area contributed by atoms with Gasteiger partial charge in [0.15, 0.2) is 0 Å². The van der Waals surface area contributed by atoms with Crippen molar-refractivity contribution in [3.63, 3.8) is 0 Å². The highest BCUT2D eigenvalue weighted by atomic mass is 79.9. The summed E-state index contributed by atoms with van der Waals surface area (Å²) in [5.41, 5.74) is 1.71. The van der Waals surface area contributed by atoms with Crippen molar-refractivity contribution in [3.05, 3.63) is 45.8 Å². The van der Waals surface area contributed by atoms with Crippen LogP contribution in [0.4, 0.5) is 10.2 Å². The maximum absolute atomic E-state index is 14.2. The Morgan fingerprint density at radius 3 is 2.76 bits per heavy atom. The van der Waals surface area contributed by atoms with Gasteiger partial charge in [0.2, 0.25) is 0 Å². The molecule has 21 heavy (non-hydrogen) atoms. The lowest BCUT2D eigenvalue weighted by atomic mass is 9.92. The maximum Gasteiger partial charge on any atom is 0.139 e. The van der Waals surface area contributed by atoms with E-state index in [0.29, 0.717) is 11.5 Å². The van der Waals surface area contributed by atoms with E-state index in [1.807, 2.05) is 16.8 Å². The number of benzene rings is 1. The second kappa shape index (κ2) is 5.44. The molecule has 0 saturated heterocycles. The van der Waals surface area contributed by atoms with Gasteiger partial charge in [0, 0.05) is 18.0 Å². The molecule has 112 valence electrons. The minimum absolute atomic E-state index is 0.0775. The molecule has 1 aromatic heterocycles. The van der Waals surface area contributed by atoms with Crippen LogP contribution in [0, 0.1) is 11.7 Å². The Morgan fingerprint density at radius 2 is 2.10 bits per heavy atom. The fourth-order valence-corrected chi connectivity index (χ4v) is 3.78. The molecule has 2 unspecified atom stereocenters. The van der Waals surface area contributed by atoms with Crippen molar-refractivity contribution >= 4 is 21.7 Å². The van der Waals surface area contributed by atoms with Crippen LogP contribution in [0.25, 0.3) is 0 Å². The van der Waals surface area contributed by atoms with Crippen molar-refractivity contribution in [1.82, 2.24) is 9.78 Å². The van der Waals surface area contributed by atoms with Crippen LogP contribution in [-0.4, -0.2) is 16.3 Å². The number of halogens is 2. The highest BCUT2D eigenvalue weighted by Crippen LogP contribution is 2.40. The number of anilines is 1. The average Bonchev–Trinajstić information content (AvgIpc) is 2.78.